The summed E-state index contributed by atoms with van der Waals surface area (Å²) in [4.78, 5) is 17.7. The fourth-order valence-corrected chi connectivity index (χ4v) is 3.23. The number of halogens is 4. The summed E-state index contributed by atoms with van der Waals surface area (Å²) in [5, 5.41) is 7.90. The van der Waals surface area contributed by atoms with E-state index in [9.17, 15) is 4.79 Å². The Bertz CT molecular complexity index is 591. The van der Waals surface area contributed by atoms with Gasteiger partial charge in [0, 0.05) is 13.1 Å². The van der Waals surface area contributed by atoms with Gasteiger partial charge >= 0.3 is 5.97 Å². The summed E-state index contributed by atoms with van der Waals surface area (Å²) in [7, 11) is 0. The Morgan fingerprint density at radius 3 is 2.35 bits per heavy atom. The first-order valence-corrected chi connectivity index (χ1v) is 8.44. The number of hydrogen-bond donors (Lipinski definition) is 3. The minimum Gasteiger partial charge on any atom is -0.460 e. The molecule has 0 aliphatic carbocycles. The van der Waals surface area contributed by atoms with E-state index in [2.05, 4.69) is 4.98 Å². The molecule has 1 atom stereocenters. The smallest absolute Gasteiger partial charge is 0.323 e. The van der Waals surface area contributed by atoms with Crippen molar-refractivity contribution in [3.63, 3.8) is 0 Å². The van der Waals surface area contributed by atoms with E-state index in [-0.39, 0.29) is 47.7 Å². The van der Waals surface area contributed by atoms with E-state index in [1.165, 1.54) is 0 Å². The molecule has 0 radical (unpaired) electrons. The van der Waals surface area contributed by atoms with Crippen LogP contribution in [0, 0.1) is 11.3 Å². The van der Waals surface area contributed by atoms with Gasteiger partial charge in [0.05, 0.1) is 0 Å². The SMILES string of the molecule is Cl.Cl.N=C(N)N1CCC(C[C@H](N)C(=O)OCc2cc(Cl)nc(Cl)c2)CC1. The molecule has 2 rings (SSSR count). The monoisotopic (exact) mass is 445 g/mol. The number of pyridine rings is 1. The van der Waals surface area contributed by atoms with Crippen LogP contribution in [0.5, 0.6) is 0 Å². The van der Waals surface area contributed by atoms with Gasteiger partial charge in [-0.05, 0) is 42.9 Å². The van der Waals surface area contributed by atoms with Gasteiger partial charge in [-0.2, -0.15) is 0 Å². The summed E-state index contributed by atoms with van der Waals surface area (Å²) in [5.41, 5.74) is 12.1. The van der Waals surface area contributed by atoms with Crippen molar-refractivity contribution in [2.24, 2.45) is 17.4 Å². The first kappa shape index (κ1) is 25.0. The number of hydrogen-bond acceptors (Lipinski definition) is 5. The highest BCUT2D eigenvalue weighted by molar-refractivity contribution is 6.32. The number of carbonyl (C=O) groups excluding carboxylic acids is 1. The van der Waals surface area contributed by atoms with Gasteiger partial charge in [-0.1, -0.05) is 23.2 Å². The third kappa shape index (κ3) is 7.72. The normalized spacial score (nSPS) is 15.4. The maximum Gasteiger partial charge on any atom is 0.323 e. The highest BCUT2D eigenvalue weighted by Gasteiger charge is 2.25. The molecule has 7 nitrogen and oxygen atoms in total. The number of aromatic nitrogens is 1. The summed E-state index contributed by atoms with van der Waals surface area (Å²) in [6.07, 6.45) is 2.27. The first-order valence-electron chi connectivity index (χ1n) is 7.68. The Kier molecular flexibility index (Phi) is 11.2. The molecule has 0 bridgehead atoms. The molecule has 148 valence electrons. The lowest BCUT2D eigenvalue weighted by Gasteiger charge is -2.32. The van der Waals surface area contributed by atoms with E-state index < -0.39 is 12.0 Å². The van der Waals surface area contributed by atoms with Gasteiger partial charge in [-0.25, -0.2) is 4.98 Å². The average Bonchev–Trinajstić information content (AvgIpc) is 2.52. The fraction of sp³-hybridized carbons (Fsp3) is 0.533. The molecule has 26 heavy (non-hydrogen) atoms. The van der Waals surface area contributed by atoms with Gasteiger partial charge in [0.15, 0.2) is 5.96 Å². The molecular weight excluding hydrogens is 424 g/mol. The quantitative estimate of drug-likeness (QED) is 0.277. The molecule has 1 saturated heterocycles. The van der Waals surface area contributed by atoms with Crippen LogP contribution in [-0.2, 0) is 16.1 Å². The molecule has 1 aliphatic heterocycles. The molecule has 1 aromatic heterocycles. The van der Waals surface area contributed by atoms with Crippen molar-refractivity contribution >= 4 is 59.9 Å². The lowest BCUT2D eigenvalue weighted by atomic mass is 9.90. The predicted octanol–water partition coefficient (Wildman–Crippen LogP) is 2.60. The van der Waals surface area contributed by atoms with E-state index in [0.717, 1.165) is 25.9 Å². The average molecular weight is 447 g/mol. The molecule has 1 aliphatic rings. The molecule has 0 amide bonds. The third-order valence-electron chi connectivity index (χ3n) is 4.05. The van der Waals surface area contributed by atoms with Crippen molar-refractivity contribution in [3.8, 4) is 0 Å². The summed E-state index contributed by atoms with van der Waals surface area (Å²) in [6.45, 7) is 1.49. The van der Waals surface area contributed by atoms with Gasteiger partial charge in [-0.15, -0.1) is 24.8 Å². The molecular formula is C15H23Cl4N5O2. The Hall–Kier alpha value is -0.990. The maximum absolute atomic E-state index is 12.0. The predicted molar refractivity (Wildman–Crippen MR) is 107 cm³/mol. The number of ether oxygens (including phenoxy) is 1. The number of likely N-dealkylation sites (tertiary alicyclic amines) is 1. The van der Waals surface area contributed by atoms with Crippen LogP contribution in [0.1, 0.15) is 24.8 Å². The number of carbonyl (C=O) groups is 1. The van der Waals surface area contributed by atoms with E-state index >= 15 is 0 Å². The van der Waals surface area contributed by atoms with E-state index in [4.69, 9.17) is 44.8 Å². The Morgan fingerprint density at radius 2 is 1.85 bits per heavy atom. The van der Waals surface area contributed by atoms with Crippen molar-refractivity contribution in [1.29, 1.82) is 5.41 Å². The molecule has 0 unspecified atom stereocenters. The molecule has 0 spiro atoms. The van der Waals surface area contributed by atoms with Gasteiger partial charge in [0.1, 0.15) is 23.0 Å². The minimum absolute atomic E-state index is 0. The molecule has 0 saturated carbocycles. The highest BCUT2D eigenvalue weighted by atomic mass is 35.5. The number of nitrogens with two attached hydrogens (primary N) is 2. The zero-order chi connectivity index (χ0) is 17.7. The van der Waals surface area contributed by atoms with Crippen molar-refractivity contribution in [3.05, 3.63) is 28.0 Å². The molecule has 11 heteroatoms. The van der Waals surface area contributed by atoms with Crippen molar-refractivity contribution in [2.45, 2.75) is 31.9 Å². The number of esters is 1. The molecule has 2 heterocycles. The van der Waals surface area contributed by atoms with E-state index in [1.807, 2.05) is 4.90 Å². The highest BCUT2D eigenvalue weighted by Crippen LogP contribution is 2.22. The molecule has 5 N–H and O–H groups in total. The molecule has 0 aromatic carbocycles. The van der Waals surface area contributed by atoms with E-state index in [1.54, 1.807) is 12.1 Å². The number of nitrogens with one attached hydrogen (secondary N) is 1. The molecule has 1 aromatic rings. The Balaban J connectivity index is 0.00000312. The Labute approximate surface area is 175 Å². The maximum atomic E-state index is 12.0. The van der Waals surface area contributed by atoms with Gasteiger partial charge in [0.25, 0.3) is 0 Å². The van der Waals surface area contributed by atoms with Gasteiger partial charge in [-0.3, -0.25) is 10.2 Å². The fourth-order valence-electron chi connectivity index (χ4n) is 2.72. The van der Waals surface area contributed by atoms with Crippen LogP contribution in [0.4, 0.5) is 0 Å². The minimum atomic E-state index is -0.674. The second-order valence-corrected chi connectivity index (χ2v) is 6.66. The number of piperidine rings is 1. The lowest BCUT2D eigenvalue weighted by Crippen LogP contribution is -2.43. The summed E-state index contributed by atoms with van der Waals surface area (Å²) in [6, 6.07) is 2.50. The topological polar surface area (TPSA) is 118 Å². The van der Waals surface area contributed by atoms with Gasteiger partial charge in [0.2, 0.25) is 0 Å². The van der Waals surface area contributed by atoms with Crippen LogP contribution in [0.3, 0.4) is 0 Å². The number of guanidine groups is 1. The second kappa shape index (κ2) is 11.7. The van der Waals surface area contributed by atoms with Crippen LogP contribution in [0.2, 0.25) is 10.3 Å². The van der Waals surface area contributed by atoms with E-state index in [0.29, 0.717) is 17.9 Å². The largest absolute Gasteiger partial charge is 0.460 e. The number of rotatable bonds is 5. The Morgan fingerprint density at radius 1 is 1.31 bits per heavy atom. The van der Waals surface area contributed by atoms with Crippen LogP contribution >= 0.6 is 48.0 Å². The summed E-state index contributed by atoms with van der Waals surface area (Å²) < 4.78 is 5.23. The summed E-state index contributed by atoms with van der Waals surface area (Å²) in [5.74, 6) is -0.0344. The third-order valence-corrected chi connectivity index (χ3v) is 4.44. The lowest BCUT2D eigenvalue weighted by molar-refractivity contribution is -0.147. The van der Waals surface area contributed by atoms with Crippen LogP contribution < -0.4 is 11.5 Å². The second-order valence-electron chi connectivity index (χ2n) is 5.89. The zero-order valence-corrected chi connectivity index (χ0v) is 17.1. The first-order chi connectivity index (χ1) is 11.3. The van der Waals surface area contributed by atoms with Crippen molar-refractivity contribution in [1.82, 2.24) is 9.88 Å². The van der Waals surface area contributed by atoms with Gasteiger partial charge < -0.3 is 21.1 Å². The summed E-state index contributed by atoms with van der Waals surface area (Å²) >= 11 is 11.6. The van der Waals surface area contributed by atoms with Crippen LogP contribution in [0.25, 0.3) is 0 Å². The van der Waals surface area contributed by atoms with Crippen LogP contribution in [0.15, 0.2) is 12.1 Å². The van der Waals surface area contributed by atoms with Crippen LogP contribution in [-0.4, -0.2) is 40.9 Å². The standard InChI is InChI=1S/C15H21Cl2N5O2.2ClH/c16-12-6-10(7-13(17)21-12)8-24-14(23)11(18)5-9-1-3-22(4-2-9)15(19)20;;/h6-7,9,11H,1-5,8,18H2,(H3,19,20);2*1H/t11-;;/m0../s1. The van der Waals surface area contributed by atoms with Crippen molar-refractivity contribution < 1.29 is 9.53 Å². The molecule has 1 fully saturated rings. The zero-order valence-electron chi connectivity index (χ0n) is 14.0. The number of nitrogens with zero attached hydrogens (tertiary/aromatic N) is 2. The van der Waals surface area contributed by atoms with Crippen molar-refractivity contribution in [2.75, 3.05) is 13.1 Å².